The first kappa shape index (κ1) is 12.5. The number of rotatable bonds is 4. The van der Waals surface area contributed by atoms with Crippen LogP contribution in [0.3, 0.4) is 0 Å². The summed E-state index contributed by atoms with van der Waals surface area (Å²) in [7, 11) is 0. The van der Waals surface area contributed by atoms with Crippen LogP contribution in [0.2, 0.25) is 0 Å². The molecule has 1 rings (SSSR count). The van der Waals surface area contributed by atoms with Gasteiger partial charge in [0.2, 0.25) is 0 Å². The van der Waals surface area contributed by atoms with Crippen molar-refractivity contribution in [1.29, 1.82) is 0 Å². The Kier molecular flexibility index (Phi) is 6.65. The summed E-state index contributed by atoms with van der Waals surface area (Å²) in [6.07, 6.45) is 1.20. The molecule has 0 fully saturated rings. The zero-order valence-electron chi connectivity index (χ0n) is 8.34. The van der Waals surface area contributed by atoms with Crippen LogP contribution in [-0.2, 0) is 6.54 Å². The van der Waals surface area contributed by atoms with E-state index in [0.717, 1.165) is 13.1 Å². The zero-order valence-corrected chi connectivity index (χ0v) is 9.16. The molecule has 0 amide bonds. The molecule has 1 N–H and O–H groups in total. The van der Waals surface area contributed by atoms with Gasteiger partial charge in [-0.3, -0.25) is 0 Å². The molecular weight excluding hydrogens is 182 g/mol. The summed E-state index contributed by atoms with van der Waals surface area (Å²) in [5.41, 5.74) is 2.78. The Morgan fingerprint density at radius 3 is 2.54 bits per heavy atom. The summed E-state index contributed by atoms with van der Waals surface area (Å²) in [6.45, 7) is 6.45. The predicted octanol–water partition coefficient (Wildman–Crippen LogP) is 2.92. The van der Waals surface area contributed by atoms with Crippen LogP contribution in [0.5, 0.6) is 0 Å². The van der Waals surface area contributed by atoms with E-state index in [-0.39, 0.29) is 12.4 Å². The summed E-state index contributed by atoms with van der Waals surface area (Å²) in [5.74, 6) is 0. The minimum Gasteiger partial charge on any atom is -0.313 e. The lowest BCUT2D eigenvalue weighted by Crippen LogP contribution is -2.14. The van der Waals surface area contributed by atoms with Gasteiger partial charge in [-0.25, -0.2) is 0 Å². The quantitative estimate of drug-likeness (QED) is 0.736. The fraction of sp³-hybridized carbons (Fsp3) is 0.455. The highest BCUT2D eigenvalue weighted by atomic mass is 35.5. The first-order valence-electron chi connectivity index (χ1n) is 4.60. The van der Waals surface area contributed by atoms with E-state index in [1.165, 1.54) is 17.5 Å². The molecule has 0 aliphatic rings. The Morgan fingerprint density at radius 1 is 1.23 bits per heavy atom. The van der Waals surface area contributed by atoms with Crippen molar-refractivity contribution in [2.24, 2.45) is 0 Å². The minimum absolute atomic E-state index is 0. The molecule has 0 radical (unpaired) electrons. The van der Waals surface area contributed by atoms with Gasteiger partial charge in [0.15, 0.2) is 0 Å². The minimum atomic E-state index is 0. The first-order valence-corrected chi connectivity index (χ1v) is 4.60. The van der Waals surface area contributed by atoms with Gasteiger partial charge in [-0.1, -0.05) is 31.2 Å². The second kappa shape index (κ2) is 6.93. The Labute approximate surface area is 87.0 Å². The molecule has 0 saturated carbocycles. The first-order chi connectivity index (χ1) is 5.84. The molecule has 1 aromatic carbocycles. The van der Waals surface area contributed by atoms with Crippen molar-refractivity contribution in [2.75, 3.05) is 6.54 Å². The maximum Gasteiger partial charge on any atom is 0.0208 e. The summed E-state index contributed by atoms with van der Waals surface area (Å²) < 4.78 is 0. The lowest BCUT2D eigenvalue weighted by Gasteiger charge is -2.05. The number of hydrogen-bond donors (Lipinski definition) is 1. The topological polar surface area (TPSA) is 12.0 Å². The van der Waals surface area contributed by atoms with Gasteiger partial charge in [-0.05, 0) is 31.0 Å². The van der Waals surface area contributed by atoms with Gasteiger partial charge in [-0.2, -0.15) is 0 Å². The van der Waals surface area contributed by atoms with Gasteiger partial charge < -0.3 is 5.32 Å². The maximum absolute atomic E-state index is 3.39. The molecule has 0 saturated heterocycles. The van der Waals surface area contributed by atoms with Crippen molar-refractivity contribution >= 4 is 12.4 Å². The lowest BCUT2D eigenvalue weighted by atomic mass is 10.1. The van der Waals surface area contributed by atoms with Gasteiger partial charge in [0.25, 0.3) is 0 Å². The average molecular weight is 200 g/mol. The van der Waals surface area contributed by atoms with E-state index in [9.17, 15) is 0 Å². The molecule has 0 aromatic heterocycles. The fourth-order valence-electron chi connectivity index (χ4n) is 1.21. The van der Waals surface area contributed by atoms with E-state index >= 15 is 0 Å². The summed E-state index contributed by atoms with van der Waals surface area (Å²) in [6, 6.07) is 8.51. The number of benzene rings is 1. The molecule has 1 nitrogen and oxygen atoms in total. The van der Waals surface area contributed by atoms with E-state index < -0.39 is 0 Å². The molecule has 0 atom stereocenters. The van der Waals surface area contributed by atoms with Crippen molar-refractivity contribution in [3.63, 3.8) is 0 Å². The number of halogens is 1. The van der Waals surface area contributed by atoms with Gasteiger partial charge >= 0.3 is 0 Å². The van der Waals surface area contributed by atoms with Crippen molar-refractivity contribution < 1.29 is 0 Å². The van der Waals surface area contributed by atoms with E-state index in [1.54, 1.807) is 0 Å². The standard InChI is InChI=1S/C11H17N.ClH/c1-3-8-12-9-11-7-5-4-6-10(11)2;/h4-7,12H,3,8-9H2,1-2H3;1H. The van der Waals surface area contributed by atoms with E-state index in [4.69, 9.17) is 0 Å². The third kappa shape index (κ3) is 4.30. The van der Waals surface area contributed by atoms with Crippen LogP contribution in [0.25, 0.3) is 0 Å². The van der Waals surface area contributed by atoms with Gasteiger partial charge in [-0.15, -0.1) is 12.4 Å². The zero-order chi connectivity index (χ0) is 8.81. The molecule has 0 aliphatic carbocycles. The normalized spacial score (nSPS) is 9.38. The highest BCUT2D eigenvalue weighted by Crippen LogP contribution is 2.05. The maximum atomic E-state index is 3.39. The SMILES string of the molecule is CCCNCc1ccccc1C.Cl. The molecule has 2 heteroatoms. The summed E-state index contributed by atoms with van der Waals surface area (Å²) >= 11 is 0. The smallest absolute Gasteiger partial charge is 0.0208 e. The fourth-order valence-corrected chi connectivity index (χ4v) is 1.21. The lowest BCUT2D eigenvalue weighted by molar-refractivity contribution is 0.673. The van der Waals surface area contributed by atoms with E-state index in [0.29, 0.717) is 0 Å². The van der Waals surface area contributed by atoms with Gasteiger partial charge in [0.05, 0.1) is 0 Å². The van der Waals surface area contributed by atoms with Crippen LogP contribution in [0, 0.1) is 6.92 Å². The third-order valence-corrected chi connectivity index (χ3v) is 2.00. The second-order valence-electron chi connectivity index (χ2n) is 3.10. The molecule has 13 heavy (non-hydrogen) atoms. The second-order valence-corrected chi connectivity index (χ2v) is 3.10. The Bertz CT molecular complexity index is 235. The average Bonchev–Trinajstić information content (AvgIpc) is 2.09. The predicted molar refractivity (Wildman–Crippen MR) is 60.4 cm³/mol. The van der Waals surface area contributed by atoms with E-state index in [1.807, 2.05) is 0 Å². The molecule has 0 bridgehead atoms. The number of nitrogens with one attached hydrogen (secondary N) is 1. The van der Waals surface area contributed by atoms with Crippen molar-refractivity contribution in [2.45, 2.75) is 26.8 Å². The Balaban J connectivity index is 0.00000144. The van der Waals surface area contributed by atoms with Crippen LogP contribution < -0.4 is 5.32 Å². The van der Waals surface area contributed by atoms with Crippen molar-refractivity contribution in [3.05, 3.63) is 35.4 Å². The van der Waals surface area contributed by atoms with Crippen LogP contribution in [0.4, 0.5) is 0 Å². The molecule has 0 unspecified atom stereocenters. The Morgan fingerprint density at radius 2 is 1.92 bits per heavy atom. The number of aryl methyl sites for hydroxylation is 1. The molecular formula is C11H18ClN. The molecule has 0 aliphatic heterocycles. The largest absolute Gasteiger partial charge is 0.313 e. The molecule has 1 aromatic rings. The summed E-state index contributed by atoms with van der Waals surface area (Å²) in [5, 5.41) is 3.39. The summed E-state index contributed by atoms with van der Waals surface area (Å²) in [4.78, 5) is 0. The van der Waals surface area contributed by atoms with Gasteiger partial charge in [0.1, 0.15) is 0 Å². The molecule has 74 valence electrons. The molecule has 0 heterocycles. The van der Waals surface area contributed by atoms with Crippen LogP contribution in [0.15, 0.2) is 24.3 Å². The van der Waals surface area contributed by atoms with Crippen molar-refractivity contribution in [3.8, 4) is 0 Å². The van der Waals surface area contributed by atoms with Crippen LogP contribution in [0.1, 0.15) is 24.5 Å². The van der Waals surface area contributed by atoms with Gasteiger partial charge in [0, 0.05) is 6.54 Å². The third-order valence-electron chi connectivity index (χ3n) is 2.00. The van der Waals surface area contributed by atoms with E-state index in [2.05, 4.69) is 43.4 Å². The Hall–Kier alpha value is -0.530. The highest BCUT2D eigenvalue weighted by Gasteiger charge is 1.94. The highest BCUT2D eigenvalue weighted by molar-refractivity contribution is 5.85. The monoisotopic (exact) mass is 199 g/mol. The van der Waals surface area contributed by atoms with Crippen LogP contribution in [-0.4, -0.2) is 6.54 Å². The van der Waals surface area contributed by atoms with Crippen LogP contribution >= 0.6 is 12.4 Å². The number of hydrogen-bond acceptors (Lipinski definition) is 1. The van der Waals surface area contributed by atoms with Crippen molar-refractivity contribution in [1.82, 2.24) is 5.32 Å². The molecule has 0 spiro atoms.